The van der Waals surface area contributed by atoms with Crippen molar-refractivity contribution in [1.82, 2.24) is 24.4 Å². The van der Waals surface area contributed by atoms with Gasteiger partial charge in [0.1, 0.15) is 0 Å². The summed E-state index contributed by atoms with van der Waals surface area (Å²) in [4.78, 5) is 6.74. The summed E-state index contributed by atoms with van der Waals surface area (Å²) in [7, 11) is 2.17. The first-order chi connectivity index (χ1) is 13.9. The topological polar surface area (TPSA) is 82.0 Å². The zero-order valence-corrected chi connectivity index (χ0v) is 20.9. The highest BCUT2D eigenvalue weighted by atomic mass is 127. The number of nitrogens with one attached hydrogen (secondary N) is 2. The van der Waals surface area contributed by atoms with Crippen LogP contribution >= 0.6 is 24.0 Å². The summed E-state index contributed by atoms with van der Waals surface area (Å²) in [6.45, 7) is 3.53. The highest BCUT2D eigenvalue weighted by Gasteiger charge is 2.29. The van der Waals surface area contributed by atoms with Crippen molar-refractivity contribution in [2.24, 2.45) is 12.0 Å². The van der Waals surface area contributed by atoms with Crippen LogP contribution in [0.25, 0.3) is 0 Å². The molecule has 0 spiro atoms. The van der Waals surface area contributed by atoms with Gasteiger partial charge in [0.05, 0.1) is 4.90 Å². The lowest BCUT2D eigenvalue weighted by Crippen LogP contribution is -2.47. The van der Waals surface area contributed by atoms with Crippen molar-refractivity contribution in [2.45, 2.75) is 18.0 Å². The molecule has 0 unspecified atom stereocenters. The van der Waals surface area contributed by atoms with Crippen LogP contribution in [0.4, 0.5) is 0 Å². The number of rotatable bonds is 6. The Kier molecular flexibility index (Phi) is 9.13. The Bertz CT molecular complexity index is 952. The van der Waals surface area contributed by atoms with Gasteiger partial charge in [-0.05, 0) is 30.3 Å². The molecule has 1 aliphatic rings. The lowest BCUT2D eigenvalue weighted by Gasteiger charge is -2.32. The van der Waals surface area contributed by atoms with Crippen LogP contribution in [-0.2, 0) is 30.2 Å². The van der Waals surface area contributed by atoms with Crippen molar-refractivity contribution in [3.63, 3.8) is 0 Å². The van der Waals surface area contributed by atoms with Crippen molar-refractivity contribution < 1.29 is 8.42 Å². The van der Waals surface area contributed by atoms with Gasteiger partial charge in [0.15, 0.2) is 5.96 Å². The first-order valence-electron chi connectivity index (χ1n) is 9.72. The Morgan fingerprint density at radius 2 is 1.70 bits per heavy atom. The van der Waals surface area contributed by atoms with Gasteiger partial charge in [-0.3, -0.25) is 4.99 Å². The van der Waals surface area contributed by atoms with E-state index < -0.39 is 10.0 Å². The molecule has 0 amide bonds. The minimum absolute atomic E-state index is 0. The summed E-state index contributed by atoms with van der Waals surface area (Å²) in [6.07, 6.45) is 4.03. The van der Waals surface area contributed by atoms with Gasteiger partial charge >= 0.3 is 0 Å². The van der Waals surface area contributed by atoms with E-state index >= 15 is 0 Å². The number of nitrogens with zero attached hydrogens (tertiary/aromatic N) is 4. The maximum atomic E-state index is 13.2. The van der Waals surface area contributed by atoms with E-state index in [-0.39, 0.29) is 24.0 Å². The van der Waals surface area contributed by atoms with Crippen LogP contribution in [0.15, 0.2) is 52.6 Å². The molecule has 3 rings (SSSR count). The Balaban J connectivity index is 0.00000320. The van der Waals surface area contributed by atoms with Gasteiger partial charge in [-0.25, -0.2) is 8.42 Å². The molecule has 1 saturated heterocycles. The van der Waals surface area contributed by atoms with E-state index in [9.17, 15) is 8.42 Å². The Morgan fingerprint density at radius 3 is 2.33 bits per heavy atom. The SMILES string of the molecule is CN=C(NCc1ccn(C)c1)NCc1ccccc1S(=O)(=O)N1CCN(C)CC1.I. The second-order valence-electron chi connectivity index (χ2n) is 7.28. The molecule has 0 atom stereocenters. The number of guanidine groups is 1. The van der Waals surface area contributed by atoms with Gasteiger partial charge in [0.2, 0.25) is 10.0 Å². The molecule has 8 nitrogen and oxygen atoms in total. The Labute approximate surface area is 196 Å². The number of likely N-dealkylation sites (N-methyl/N-ethyl adjacent to an activating group) is 1. The van der Waals surface area contributed by atoms with Crippen molar-refractivity contribution in [2.75, 3.05) is 40.3 Å². The van der Waals surface area contributed by atoms with Crippen molar-refractivity contribution in [3.8, 4) is 0 Å². The van der Waals surface area contributed by atoms with Crippen molar-refractivity contribution in [3.05, 3.63) is 53.9 Å². The molecular weight excluding hydrogens is 515 g/mol. The smallest absolute Gasteiger partial charge is 0.243 e. The van der Waals surface area contributed by atoms with E-state index in [1.807, 2.05) is 49.3 Å². The van der Waals surface area contributed by atoms with Gasteiger partial charge < -0.3 is 20.1 Å². The molecular formula is C20H31IN6O2S. The lowest BCUT2D eigenvalue weighted by atomic mass is 10.2. The number of halogens is 1. The summed E-state index contributed by atoms with van der Waals surface area (Å²) >= 11 is 0. The van der Waals surface area contributed by atoms with Crippen molar-refractivity contribution in [1.29, 1.82) is 0 Å². The van der Waals surface area contributed by atoms with E-state index in [4.69, 9.17) is 0 Å². The average molecular weight is 546 g/mol. The van der Waals surface area contributed by atoms with Gasteiger partial charge in [0.25, 0.3) is 0 Å². The lowest BCUT2D eigenvalue weighted by molar-refractivity contribution is 0.222. The predicted octanol–water partition coefficient (Wildman–Crippen LogP) is 1.44. The van der Waals surface area contributed by atoms with Crippen LogP contribution in [0.1, 0.15) is 11.1 Å². The fourth-order valence-electron chi connectivity index (χ4n) is 3.32. The highest BCUT2D eigenvalue weighted by Crippen LogP contribution is 2.21. The van der Waals surface area contributed by atoms with Gasteiger partial charge in [-0.2, -0.15) is 4.31 Å². The molecule has 0 aliphatic carbocycles. The number of benzene rings is 1. The third-order valence-electron chi connectivity index (χ3n) is 5.08. The second-order valence-corrected chi connectivity index (χ2v) is 9.19. The van der Waals surface area contributed by atoms with Crippen molar-refractivity contribution >= 4 is 40.0 Å². The van der Waals surface area contributed by atoms with Crippen LogP contribution in [0, 0.1) is 0 Å². The molecule has 1 aliphatic heterocycles. The molecule has 1 aromatic carbocycles. The maximum Gasteiger partial charge on any atom is 0.243 e. The molecule has 0 saturated carbocycles. The molecule has 0 radical (unpaired) electrons. The molecule has 2 N–H and O–H groups in total. The van der Waals surface area contributed by atoms with Crippen LogP contribution in [-0.4, -0.2) is 68.4 Å². The van der Waals surface area contributed by atoms with Crippen LogP contribution in [0.2, 0.25) is 0 Å². The summed E-state index contributed by atoms with van der Waals surface area (Å²) in [5.41, 5.74) is 1.88. The van der Waals surface area contributed by atoms with Gasteiger partial charge in [0, 0.05) is 65.8 Å². The summed E-state index contributed by atoms with van der Waals surface area (Å²) in [5.74, 6) is 0.626. The zero-order valence-electron chi connectivity index (χ0n) is 17.7. The van der Waals surface area contributed by atoms with E-state index in [0.717, 1.165) is 24.2 Å². The Hall–Kier alpha value is -1.63. The highest BCUT2D eigenvalue weighted by molar-refractivity contribution is 14.0. The fraction of sp³-hybridized carbons (Fsp3) is 0.450. The van der Waals surface area contributed by atoms with Gasteiger partial charge in [-0.15, -0.1) is 24.0 Å². The largest absolute Gasteiger partial charge is 0.357 e. The average Bonchev–Trinajstić information content (AvgIpc) is 3.14. The molecule has 1 aromatic heterocycles. The third kappa shape index (κ3) is 6.19. The normalized spacial score (nSPS) is 16.2. The number of sulfonamides is 1. The summed E-state index contributed by atoms with van der Waals surface area (Å²) < 4.78 is 29.9. The van der Waals surface area contributed by atoms with Crippen LogP contribution in [0.5, 0.6) is 0 Å². The molecule has 1 fully saturated rings. The number of aryl methyl sites for hydroxylation is 1. The second kappa shape index (κ2) is 11.1. The van der Waals surface area contributed by atoms with E-state index in [2.05, 4.69) is 20.5 Å². The zero-order chi connectivity index (χ0) is 20.9. The van der Waals surface area contributed by atoms with E-state index in [1.165, 1.54) is 0 Å². The monoisotopic (exact) mass is 546 g/mol. The fourth-order valence-corrected chi connectivity index (χ4v) is 4.96. The summed E-state index contributed by atoms with van der Waals surface area (Å²) in [5, 5.41) is 6.48. The standard InChI is InChI=1S/C20H30N6O2S.HI/c1-21-20(22-14-17-8-9-25(3)16-17)23-15-18-6-4-5-7-19(18)29(27,28)26-12-10-24(2)11-13-26;/h4-9,16H,10-15H2,1-3H3,(H2,21,22,23);1H. The molecule has 2 heterocycles. The molecule has 10 heteroatoms. The quantitative estimate of drug-likeness (QED) is 0.326. The van der Waals surface area contributed by atoms with E-state index in [1.54, 1.807) is 23.5 Å². The number of piperazine rings is 1. The minimum Gasteiger partial charge on any atom is -0.357 e. The molecule has 2 aromatic rings. The maximum absolute atomic E-state index is 13.2. The molecule has 30 heavy (non-hydrogen) atoms. The molecule has 166 valence electrons. The first-order valence-corrected chi connectivity index (χ1v) is 11.2. The number of aromatic nitrogens is 1. The third-order valence-corrected chi connectivity index (χ3v) is 7.07. The number of aliphatic imine (C=N–C) groups is 1. The minimum atomic E-state index is -3.52. The predicted molar refractivity (Wildman–Crippen MR) is 131 cm³/mol. The first kappa shape index (κ1) is 24.6. The van der Waals surface area contributed by atoms with E-state index in [0.29, 0.717) is 37.0 Å². The summed E-state index contributed by atoms with van der Waals surface area (Å²) in [6, 6.07) is 9.21. The molecule has 0 bridgehead atoms. The number of hydrogen-bond acceptors (Lipinski definition) is 4. The van der Waals surface area contributed by atoms with Crippen LogP contribution < -0.4 is 10.6 Å². The Morgan fingerprint density at radius 1 is 1.03 bits per heavy atom. The number of hydrogen-bond donors (Lipinski definition) is 2. The van der Waals surface area contributed by atoms with Crippen LogP contribution in [0.3, 0.4) is 0 Å². The van der Waals surface area contributed by atoms with Gasteiger partial charge in [-0.1, -0.05) is 18.2 Å².